The number of carbonyl (C=O) groups is 3. The zero-order chi connectivity index (χ0) is 21.1. The zero-order valence-corrected chi connectivity index (χ0v) is 16.2. The molecule has 2 aromatic rings. The van der Waals surface area contributed by atoms with E-state index < -0.39 is 29.4 Å². The van der Waals surface area contributed by atoms with Crippen molar-refractivity contribution in [3.8, 4) is 0 Å². The third-order valence-corrected chi connectivity index (χ3v) is 4.37. The number of hydrogen-bond acceptors (Lipinski definition) is 7. The molecule has 0 spiro atoms. The largest absolute Gasteiger partial charge is 0.413 e. The van der Waals surface area contributed by atoms with Crippen LogP contribution >= 0.6 is 0 Å². The van der Waals surface area contributed by atoms with Crippen molar-refractivity contribution in [3.63, 3.8) is 0 Å². The van der Waals surface area contributed by atoms with Crippen molar-refractivity contribution in [3.05, 3.63) is 65.3 Å². The van der Waals surface area contributed by atoms with Gasteiger partial charge in [0.25, 0.3) is 5.91 Å². The summed E-state index contributed by atoms with van der Waals surface area (Å²) in [5.41, 5.74) is 0.659. The molecule has 9 heteroatoms. The predicted octanol–water partition coefficient (Wildman–Crippen LogP) is 2.21. The SMILES string of the molecule is CCN(CC)C1=C(OC(=O)c2cnc(C)cn2)C(=O)N(c2ccc(F)cc2)C1=O. The number of likely N-dealkylation sites (N-methyl/N-ethyl adjacent to an activating group) is 1. The Hall–Kier alpha value is -3.62. The lowest BCUT2D eigenvalue weighted by atomic mass is 10.3. The fraction of sp³-hybridized carbons (Fsp3) is 0.250. The van der Waals surface area contributed by atoms with Crippen LogP contribution in [0.4, 0.5) is 10.1 Å². The minimum absolute atomic E-state index is 0.0299. The highest BCUT2D eigenvalue weighted by atomic mass is 19.1. The molecular formula is C20H19FN4O4. The maximum Gasteiger partial charge on any atom is 0.364 e. The molecule has 1 aromatic heterocycles. The number of esters is 1. The number of nitrogens with zero attached hydrogens (tertiary/aromatic N) is 4. The molecule has 29 heavy (non-hydrogen) atoms. The molecule has 0 aliphatic carbocycles. The van der Waals surface area contributed by atoms with Gasteiger partial charge < -0.3 is 9.64 Å². The maximum atomic E-state index is 13.3. The van der Waals surface area contributed by atoms with Crippen LogP contribution in [0.25, 0.3) is 0 Å². The summed E-state index contributed by atoms with van der Waals surface area (Å²) in [6.45, 7) is 6.14. The van der Waals surface area contributed by atoms with E-state index in [2.05, 4.69) is 9.97 Å². The number of imide groups is 1. The first-order valence-corrected chi connectivity index (χ1v) is 9.01. The first-order chi connectivity index (χ1) is 13.9. The van der Waals surface area contributed by atoms with Gasteiger partial charge in [-0.3, -0.25) is 14.6 Å². The van der Waals surface area contributed by atoms with Crippen LogP contribution in [0.2, 0.25) is 0 Å². The molecule has 0 fully saturated rings. The van der Waals surface area contributed by atoms with Crippen LogP contribution in [0.5, 0.6) is 0 Å². The fourth-order valence-electron chi connectivity index (χ4n) is 2.88. The molecule has 150 valence electrons. The molecule has 3 rings (SSSR count). The molecule has 0 saturated heterocycles. The summed E-state index contributed by atoms with van der Waals surface area (Å²) in [6.07, 6.45) is 2.62. The van der Waals surface area contributed by atoms with Crippen LogP contribution in [-0.4, -0.2) is 45.7 Å². The van der Waals surface area contributed by atoms with Gasteiger partial charge in [0.1, 0.15) is 5.82 Å². The highest BCUT2D eigenvalue weighted by Gasteiger charge is 2.44. The van der Waals surface area contributed by atoms with E-state index in [9.17, 15) is 18.8 Å². The average Bonchev–Trinajstić information content (AvgIpc) is 2.95. The second kappa shape index (κ2) is 8.17. The average molecular weight is 398 g/mol. The Morgan fingerprint density at radius 2 is 1.72 bits per heavy atom. The van der Waals surface area contributed by atoms with Crippen LogP contribution in [-0.2, 0) is 14.3 Å². The van der Waals surface area contributed by atoms with Crippen molar-refractivity contribution < 1.29 is 23.5 Å². The lowest BCUT2D eigenvalue weighted by Crippen LogP contribution is -2.35. The number of anilines is 1. The van der Waals surface area contributed by atoms with Gasteiger partial charge >= 0.3 is 11.9 Å². The third kappa shape index (κ3) is 3.84. The summed E-state index contributed by atoms with van der Waals surface area (Å²) in [7, 11) is 0. The molecule has 1 aliphatic heterocycles. The van der Waals surface area contributed by atoms with Crippen molar-refractivity contribution in [2.75, 3.05) is 18.0 Å². The molecule has 8 nitrogen and oxygen atoms in total. The van der Waals surface area contributed by atoms with Gasteiger partial charge in [-0.05, 0) is 45.0 Å². The van der Waals surface area contributed by atoms with E-state index in [-0.39, 0.29) is 17.1 Å². The number of aromatic nitrogens is 2. The number of rotatable bonds is 6. The Kier molecular flexibility index (Phi) is 5.67. The van der Waals surface area contributed by atoms with Crippen LogP contribution in [0.3, 0.4) is 0 Å². The second-order valence-electron chi connectivity index (χ2n) is 6.20. The van der Waals surface area contributed by atoms with Crippen molar-refractivity contribution in [1.29, 1.82) is 0 Å². The first kappa shape index (κ1) is 20.1. The molecule has 1 aromatic carbocycles. The number of benzene rings is 1. The van der Waals surface area contributed by atoms with Gasteiger partial charge in [-0.15, -0.1) is 0 Å². The van der Waals surface area contributed by atoms with E-state index in [4.69, 9.17) is 4.74 Å². The molecule has 2 heterocycles. The topological polar surface area (TPSA) is 92.7 Å². The van der Waals surface area contributed by atoms with E-state index >= 15 is 0 Å². The van der Waals surface area contributed by atoms with E-state index in [1.807, 2.05) is 0 Å². The Morgan fingerprint density at radius 3 is 2.28 bits per heavy atom. The fourth-order valence-corrected chi connectivity index (χ4v) is 2.88. The summed E-state index contributed by atoms with van der Waals surface area (Å²) in [5.74, 6) is -3.26. The van der Waals surface area contributed by atoms with E-state index in [0.717, 1.165) is 17.0 Å². The summed E-state index contributed by atoms with van der Waals surface area (Å²) in [5, 5.41) is 0. The van der Waals surface area contributed by atoms with E-state index in [0.29, 0.717) is 18.8 Å². The molecular weight excluding hydrogens is 379 g/mol. The Balaban J connectivity index is 2.00. The lowest BCUT2D eigenvalue weighted by molar-refractivity contribution is -0.122. The molecule has 0 N–H and O–H groups in total. The van der Waals surface area contributed by atoms with Gasteiger partial charge in [-0.25, -0.2) is 19.1 Å². The monoisotopic (exact) mass is 398 g/mol. The molecule has 2 amide bonds. The summed E-state index contributed by atoms with van der Waals surface area (Å²) in [4.78, 5) is 48.9. The van der Waals surface area contributed by atoms with Gasteiger partial charge in [0.05, 0.1) is 17.6 Å². The Morgan fingerprint density at radius 1 is 1.07 bits per heavy atom. The number of amides is 2. The maximum absolute atomic E-state index is 13.3. The van der Waals surface area contributed by atoms with Crippen molar-refractivity contribution in [2.24, 2.45) is 0 Å². The number of carbonyl (C=O) groups excluding carboxylic acids is 3. The normalized spacial score (nSPS) is 13.9. The molecule has 0 bridgehead atoms. The minimum Gasteiger partial charge on any atom is -0.413 e. The van der Waals surface area contributed by atoms with Crippen LogP contribution < -0.4 is 4.90 Å². The second-order valence-corrected chi connectivity index (χ2v) is 6.20. The molecule has 0 unspecified atom stereocenters. The minimum atomic E-state index is -0.903. The quantitative estimate of drug-likeness (QED) is 0.544. The summed E-state index contributed by atoms with van der Waals surface area (Å²) >= 11 is 0. The Labute approximate surface area is 166 Å². The van der Waals surface area contributed by atoms with Gasteiger partial charge in [-0.1, -0.05) is 0 Å². The third-order valence-electron chi connectivity index (χ3n) is 4.37. The van der Waals surface area contributed by atoms with Gasteiger partial charge in [0.2, 0.25) is 5.76 Å². The van der Waals surface area contributed by atoms with Gasteiger partial charge in [0, 0.05) is 19.3 Å². The highest BCUT2D eigenvalue weighted by molar-refractivity contribution is 6.32. The highest BCUT2D eigenvalue weighted by Crippen LogP contribution is 2.30. The van der Waals surface area contributed by atoms with Gasteiger partial charge in [-0.2, -0.15) is 0 Å². The van der Waals surface area contributed by atoms with Crippen molar-refractivity contribution in [1.82, 2.24) is 14.9 Å². The molecule has 1 aliphatic rings. The lowest BCUT2D eigenvalue weighted by Gasteiger charge is -2.22. The van der Waals surface area contributed by atoms with E-state index in [1.165, 1.54) is 24.5 Å². The first-order valence-electron chi connectivity index (χ1n) is 9.01. The molecule has 0 radical (unpaired) electrons. The number of aryl methyl sites for hydroxylation is 1. The Bertz CT molecular complexity index is 983. The number of ether oxygens (including phenoxy) is 1. The van der Waals surface area contributed by atoms with Crippen LogP contribution in [0.15, 0.2) is 48.1 Å². The van der Waals surface area contributed by atoms with Gasteiger partial charge in [0.15, 0.2) is 11.4 Å². The summed E-state index contributed by atoms with van der Waals surface area (Å²) in [6, 6.07) is 4.89. The smallest absolute Gasteiger partial charge is 0.364 e. The molecule has 0 atom stereocenters. The predicted molar refractivity (Wildman–Crippen MR) is 101 cm³/mol. The van der Waals surface area contributed by atoms with Crippen molar-refractivity contribution in [2.45, 2.75) is 20.8 Å². The molecule has 0 saturated carbocycles. The van der Waals surface area contributed by atoms with Crippen LogP contribution in [0, 0.1) is 12.7 Å². The number of halogens is 1. The van der Waals surface area contributed by atoms with Crippen LogP contribution in [0.1, 0.15) is 30.0 Å². The summed E-state index contributed by atoms with van der Waals surface area (Å²) < 4.78 is 18.6. The number of hydrogen-bond donors (Lipinski definition) is 0. The zero-order valence-electron chi connectivity index (χ0n) is 16.2. The standard InChI is InChI=1S/C20H19FN4O4/c1-4-24(5-2)16-17(29-20(28)15-11-22-12(3)10-23-15)19(27)25(18(16)26)14-8-6-13(21)7-9-14/h6-11H,4-5H2,1-3H3. The van der Waals surface area contributed by atoms with E-state index in [1.54, 1.807) is 25.7 Å². The van der Waals surface area contributed by atoms with Crippen molar-refractivity contribution >= 4 is 23.5 Å².